The van der Waals surface area contributed by atoms with Crippen LogP contribution in [0.1, 0.15) is 51.2 Å². The molecule has 6 aromatic rings. The highest BCUT2D eigenvalue weighted by atomic mass is 15.1. The molecule has 6 heteroatoms. The molecule has 0 radical (unpaired) electrons. The van der Waals surface area contributed by atoms with Crippen molar-refractivity contribution < 1.29 is 0 Å². The van der Waals surface area contributed by atoms with E-state index in [1.807, 2.05) is 24.8 Å². The fraction of sp³-hybridized carbons (Fsp3) is 0.214. The number of imidazole rings is 2. The first-order valence-electron chi connectivity index (χ1n) is 11.7. The van der Waals surface area contributed by atoms with Crippen LogP contribution in [0.15, 0.2) is 61.2 Å². The topological polar surface area (TPSA) is 83.1 Å². The molecular weight excluding hydrogens is 420 g/mol. The number of hydrogen-bond acceptors (Lipinski definition) is 4. The lowest BCUT2D eigenvalue weighted by Gasteiger charge is -2.12. The van der Waals surface area contributed by atoms with Crippen LogP contribution >= 0.6 is 0 Å². The van der Waals surface area contributed by atoms with Gasteiger partial charge in [-0.15, -0.1) is 0 Å². The number of H-pyrrole nitrogens is 2. The predicted octanol–water partition coefficient (Wildman–Crippen LogP) is 6.96. The summed E-state index contributed by atoms with van der Waals surface area (Å²) >= 11 is 0. The largest absolute Gasteiger partial charge is 0.342 e. The van der Waals surface area contributed by atoms with Gasteiger partial charge in [0.25, 0.3) is 0 Å². The Labute approximate surface area is 197 Å². The van der Waals surface area contributed by atoms with E-state index in [4.69, 9.17) is 0 Å². The van der Waals surface area contributed by atoms with E-state index in [2.05, 4.69) is 94.2 Å². The first-order valence-corrected chi connectivity index (χ1v) is 11.7. The number of nitrogens with zero attached hydrogens (tertiary/aromatic N) is 4. The number of benzene rings is 3. The van der Waals surface area contributed by atoms with Gasteiger partial charge in [0.15, 0.2) is 0 Å². The van der Waals surface area contributed by atoms with Crippen LogP contribution in [-0.4, -0.2) is 30.1 Å². The smallest absolute Gasteiger partial charge is 0.109 e. The van der Waals surface area contributed by atoms with E-state index < -0.39 is 0 Å². The molecule has 3 heterocycles. The third kappa shape index (κ3) is 3.25. The van der Waals surface area contributed by atoms with Gasteiger partial charge in [0.05, 0.1) is 36.2 Å². The Kier molecular flexibility index (Phi) is 4.69. The van der Waals surface area contributed by atoms with Crippen molar-refractivity contribution >= 4 is 32.3 Å². The molecule has 3 aromatic carbocycles. The number of rotatable bonds is 4. The van der Waals surface area contributed by atoms with Gasteiger partial charge in [-0.1, -0.05) is 52.0 Å². The summed E-state index contributed by atoms with van der Waals surface area (Å²) in [5, 5.41) is 15.3. The average molecular weight is 447 g/mol. The van der Waals surface area contributed by atoms with Crippen molar-refractivity contribution in [3.8, 4) is 22.5 Å². The summed E-state index contributed by atoms with van der Waals surface area (Å²) in [6.07, 6.45) is 7.57. The van der Waals surface area contributed by atoms with Crippen LogP contribution in [-0.2, 0) is 0 Å². The van der Waals surface area contributed by atoms with Gasteiger partial charge in [-0.2, -0.15) is 10.2 Å². The highest BCUT2D eigenvalue weighted by Crippen LogP contribution is 2.38. The summed E-state index contributed by atoms with van der Waals surface area (Å²) in [6.45, 7) is 8.57. The molecule has 2 N–H and O–H groups in total. The minimum atomic E-state index is 0.356. The summed E-state index contributed by atoms with van der Waals surface area (Å²) < 4.78 is 0. The summed E-state index contributed by atoms with van der Waals surface area (Å²) in [5.41, 5.74) is 4.27. The number of hydrogen-bond donors (Lipinski definition) is 2. The summed E-state index contributed by atoms with van der Waals surface area (Å²) in [7, 11) is 0. The second kappa shape index (κ2) is 7.76. The summed E-state index contributed by atoms with van der Waals surface area (Å²) in [4.78, 5) is 16.0. The first kappa shape index (κ1) is 20.5. The molecular formula is C28H26N6. The maximum absolute atomic E-state index is 4.55. The normalized spacial score (nSPS) is 12.1. The molecule has 0 amide bonds. The SMILES string of the molecule is CC(C)c1ncc(-c2ccc3c4ccc(-c5cnc(C(C)C)[nH]5)cc4c4cnncc4c3c2)[nH]1. The lowest BCUT2D eigenvalue weighted by atomic mass is 9.93. The highest BCUT2D eigenvalue weighted by molar-refractivity contribution is 6.25. The molecule has 0 spiro atoms. The van der Waals surface area contributed by atoms with Crippen molar-refractivity contribution in [1.29, 1.82) is 0 Å². The Bertz CT molecular complexity index is 1530. The molecule has 3 aromatic heterocycles. The number of nitrogens with one attached hydrogen (secondary N) is 2. The van der Waals surface area contributed by atoms with Crippen molar-refractivity contribution in [2.75, 3.05) is 0 Å². The monoisotopic (exact) mass is 446 g/mol. The third-order valence-corrected chi connectivity index (χ3v) is 6.55. The van der Waals surface area contributed by atoms with Crippen LogP contribution in [0, 0.1) is 0 Å². The predicted molar refractivity (Wildman–Crippen MR) is 138 cm³/mol. The van der Waals surface area contributed by atoms with Crippen molar-refractivity contribution in [2.24, 2.45) is 0 Å². The van der Waals surface area contributed by atoms with Gasteiger partial charge in [0, 0.05) is 33.7 Å². The zero-order chi connectivity index (χ0) is 23.4. The molecule has 0 aliphatic carbocycles. The maximum Gasteiger partial charge on any atom is 0.109 e. The second-order valence-electron chi connectivity index (χ2n) is 9.51. The minimum Gasteiger partial charge on any atom is -0.342 e. The number of aromatic amines is 2. The van der Waals surface area contributed by atoms with E-state index in [0.717, 1.165) is 55.7 Å². The Hall–Kier alpha value is -4.06. The molecule has 6 rings (SSSR count). The minimum absolute atomic E-state index is 0.356. The summed E-state index contributed by atoms with van der Waals surface area (Å²) in [6, 6.07) is 13.2. The molecule has 0 aliphatic heterocycles. The van der Waals surface area contributed by atoms with E-state index in [-0.39, 0.29) is 0 Å². The zero-order valence-corrected chi connectivity index (χ0v) is 19.7. The Morgan fingerprint density at radius 3 is 1.35 bits per heavy atom. The summed E-state index contributed by atoms with van der Waals surface area (Å²) in [5.74, 6) is 2.71. The molecule has 0 fully saturated rings. The van der Waals surface area contributed by atoms with Crippen molar-refractivity contribution in [2.45, 2.75) is 39.5 Å². The Morgan fingerprint density at radius 2 is 0.971 bits per heavy atom. The van der Waals surface area contributed by atoms with Crippen molar-refractivity contribution in [3.63, 3.8) is 0 Å². The van der Waals surface area contributed by atoms with Gasteiger partial charge in [0.1, 0.15) is 11.6 Å². The average Bonchev–Trinajstić information content (AvgIpc) is 3.54. The van der Waals surface area contributed by atoms with E-state index in [1.54, 1.807) is 0 Å². The third-order valence-electron chi connectivity index (χ3n) is 6.55. The quantitative estimate of drug-likeness (QED) is 0.287. The number of fused-ring (bicyclic) bond motifs is 6. The van der Waals surface area contributed by atoms with E-state index in [0.29, 0.717) is 11.8 Å². The van der Waals surface area contributed by atoms with E-state index >= 15 is 0 Å². The molecule has 168 valence electrons. The fourth-order valence-corrected chi connectivity index (χ4v) is 4.64. The van der Waals surface area contributed by atoms with Gasteiger partial charge in [0.2, 0.25) is 0 Å². The van der Waals surface area contributed by atoms with Gasteiger partial charge in [-0.25, -0.2) is 9.97 Å². The lowest BCUT2D eigenvalue weighted by Crippen LogP contribution is -1.91. The maximum atomic E-state index is 4.55. The Balaban J connectivity index is 1.58. The zero-order valence-electron chi connectivity index (χ0n) is 19.7. The van der Waals surface area contributed by atoms with Crippen LogP contribution in [0.2, 0.25) is 0 Å². The highest BCUT2D eigenvalue weighted by Gasteiger charge is 2.14. The first-order chi connectivity index (χ1) is 16.5. The van der Waals surface area contributed by atoms with Gasteiger partial charge >= 0.3 is 0 Å². The lowest BCUT2D eigenvalue weighted by molar-refractivity contribution is 0.795. The molecule has 0 bridgehead atoms. The van der Waals surface area contributed by atoms with Gasteiger partial charge in [-0.05, 0) is 33.7 Å². The van der Waals surface area contributed by atoms with Crippen LogP contribution < -0.4 is 0 Å². The molecule has 0 unspecified atom stereocenters. The molecule has 6 nitrogen and oxygen atoms in total. The van der Waals surface area contributed by atoms with Gasteiger partial charge < -0.3 is 9.97 Å². The van der Waals surface area contributed by atoms with Crippen molar-refractivity contribution in [3.05, 3.63) is 72.8 Å². The van der Waals surface area contributed by atoms with Crippen LogP contribution in [0.4, 0.5) is 0 Å². The Morgan fingerprint density at radius 1 is 0.529 bits per heavy atom. The fourth-order valence-electron chi connectivity index (χ4n) is 4.64. The molecule has 0 aliphatic rings. The van der Waals surface area contributed by atoms with E-state index in [9.17, 15) is 0 Å². The van der Waals surface area contributed by atoms with Crippen LogP contribution in [0.25, 0.3) is 54.8 Å². The number of aromatic nitrogens is 6. The van der Waals surface area contributed by atoms with E-state index in [1.165, 1.54) is 10.8 Å². The van der Waals surface area contributed by atoms with Crippen LogP contribution in [0.5, 0.6) is 0 Å². The molecule has 34 heavy (non-hydrogen) atoms. The molecule has 0 saturated heterocycles. The van der Waals surface area contributed by atoms with Crippen molar-refractivity contribution in [1.82, 2.24) is 30.1 Å². The second-order valence-corrected chi connectivity index (χ2v) is 9.51. The molecule has 0 saturated carbocycles. The standard InChI is InChI=1S/C28H26N6/c1-15(2)27-29-13-25(33-27)17-5-7-19-20-8-6-18(26-14-30-28(34-26)16(3)4)10-22(20)24-12-32-31-11-23(24)21(19)9-17/h5-16H,1-4H3,(H,29,33)(H,30,34). The van der Waals surface area contributed by atoms with Crippen LogP contribution in [0.3, 0.4) is 0 Å². The van der Waals surface area contributed by atoms with Gasteiger partial charge in [-0.3, -0.25) is 0 Å². The molecule has 0 atom stereocenters.